The van der Waals surface area contributed by atoms with E-state index in [0.717, 1.165) is 49.1 Å². The first-order valence-corrected chi connectivity index (χ1v) is 9.81. The fraction of sp³-hybridized carbons (Fsp3) is 0.579. The number of likely N-dealkylation sites (tertiary alicyclic amines) is 1. The van der Waals surface area contributed by atoms with Crippen molar-refractivity contribution in [2.24, 2.45) is 5.92 Å². The van der Waals surface area contributed by atoms with Gasteiger partial charge in [-0.15, -0.1) is 15.3 Å². The Bertz CT molecular complexity index is 855. The second-order valence-electron chi connectivity index (χ2n) is 7.70. The second-order valence-corrected chi connectivity index (χ2v) is 7.70. The highest BCUT2D eigenvalue weighted by Gasteiger charge is 2.27. The van der Waals surface area contributed by atoms with E-state index in [0.29, 0.717) is 5.92 Å². The zero-order valence-corrected chi connectivity index (χ0v) is 15.0. The first kappa shape index (κ1) is 15.9. The van der Waals surface area contributed by atoms with E-state index in [1.54, 1.807) is 10.9 Å². The van der Waals surface area contributed by atoms with Crippen molar-refractivity contribution in [3.8, 4) is 5.82 Å². The Hall–Kier alpha value is -2.28. The topological polar surface area (TPSA) is 64.1 Å². The number of hydrogen-bond acceptors (Lipinski definition) is 5. The van der Waals surface area contributed by atoms with Crippen LogP contribution in [0.25, 0.3) is 11.5 Å². The van der Waals surface area contributed by atoms with Gasteiger partial charge in [0.15, 0.2) is 17.3 Å². The van der Waals surface area contributed by atoms with E-state index in [4.69, 9.17) is 5.10 Å². The lowest BCUT2D eigenvalue weighted by Crippen LogP contribution is -2.36. The van der Waals surface area contributed by atoms with Gasteiger partial charge in [0.2, 0.25) is 0 Å². The van der Waals surface area contributed by atoms with Crippen LogP contribution in [0, 0.1) is 5.92 Å². The molecule has 136 valence electrons. The summed E-state index contributed by atoms with van der Waals surface area (Å²) in [7, 11) is 0. The molecule has 4 heterocycles. The molecule has 0 aromatic carbocycles. The monoisotopic (exact) mass is 351 g/mol. The van der Waals surface area contributed by atoms with Crippen molar-refractivity contribution in [2.75, 3.05) is 19.6 Å². The van der Waals surface area contributed by atoms with Crippen molar-refractivity contribution in [1.82, 2.24) is 34.5 Å². The zero-order valence-electron chi connectivity index (χ0n) is 15.0. The lowest BCUT2D eigenvalue weighted by Gasteiger charge is -2.32. The van der Waals surface area contributed by atoms with Gasteiger partial charge in [-0.3, -0.25) is 0 Å². The molecule has 3 aromatic heterocycles. The number of nitrogens with zero attached hydrogens (tertiary/aromatic N) is 7. The molecule has 1 saturated carbocycles. The smallest absolute Gasteiger partial charge is 0.178 e. The van der Waals surface area contributed by atoms with Crippen molar-refractivity contribution < 1.29 is 0 Å². The van der Waals surface area contributed by atoms with Gasteiger partial charge in [0.25, 0.3) is 0 Å². The van der Waals surface area contributed by atoms with Crippen LogP contribution < -0.4 is 0 Å². The van der Waals surface area contributed by atoms with Gasteiger partial charge >= 0.3 is 0 Å². The summed E-state index contributed by atoms with van der Waals surface area (Å²) in [6.07, 6.45) is 11.7. The van der Waals surface area contributed by atoms with Gasteiger partial charge in [-0.25, -0.2) is 4.68 Å². The highest BCUT2D eigenvalue weighted by atomic mass is 15.4. The Balaban J connectivity index is 1.32. The summed E-state index contributed by atoms with van der Waals surface area (Å²) < 4.78 is 3.68. The van der Waals surface area contributed by atoms with Crippen LogP contribution in [-0.2, 0) is 0 Å². The van der Waals surface area contributed by atoms with E-state index in [1.807, 2.05) is 28.9 Å². The minimum Gasteiger partial charge on any atom is -0.303 e. The van der Waals surface area contributed by atoms with Crippen LogP contribution in [0.3, 0.4) is 0 Å². The number of rotatable bonds is 4. The summed E-state index contributed by atoms with van der Waals surface area (Å²) in [6.45, 7) is 3.61. The third-order valence-corrected chi connectivity index (χ3v) is 5.96. The Labute approximate surface area is 153 Å². The molecule has 3 aromatic rings. The maximum atomic E-state index is 4.73. The van der Waals surface area contributed by atoms with E-state index in [2.05, 4.69) is 20.2 Å². The van der Waals surface area contributed by atoms with Gasteiger partial charge in [0.1, 0.15) is 0 Å². The van der Waals surface area contributed by atoms with Crippen molar-refractivity contribution in [3.63, 3.8) is 0 Å². The van der Waals surface area contributed by atoms with Gasteiger partial charge in [0, 0.05) is 24.9 Å². The average molecular weight is 351 g/mol. The Morgan fingerprint density at radius 2 is 1.85 bits per heavy atom. The molecule has 0 spiro atoms. The second kappa shape index (κ2) is 6.79. The van der Waals surface area contributed by atoms with Crippen molar-refractivity contribution >= 4 is 5.65 Å². The maximum absolute atomic E-state index is 4.73. The van der Waals surface area contributed by atoms with Crippen LogP contribution in [0.5, 0.6) is 0 Å². The van der Waals surface area contributed by atoms with Gasteiger partial charge < -0.3 is 4.90 Å². The summed E-state index contributed by atoms with van der Waals surface area (Å²) in [5.74, 6) is 3.15. The Morgan fingerprint density at radius 3 is 2.62 bits per heavy atom. The van der Waals surface area contributed by atoms with Crippen molar-refractivity contribution in [3.05, 3.63) is 36.4 Å². The van der Waals surface area contributed by atoms with Gasteiger partial charge in [-0.2, -0.15) is 9.61 Å². The predicted molar refractivity (Wildman–Crippen MR) is 98.3 cm³/mol. The summed E-state index contributed by atoms with van der Waals surface area (Å²) in [4.78, 5) is 2.65. The fourth-order valence-corrected chi connectivity index (χ4v) is 4.51. The largest absolute Gasteiger partial charge is 0.303 e. The van der Waals surface area contributed by atoms with Crippen molar-refractivity contribution in [1.29, 1.82) is 0 Å². The van der Waals surface area contributed by atoms with E-state index < -0.39 is 0 Å². The molecule has 1 saturated heterocycles. The quantitative estimate of drug-likeness (QED) is 0.723. The maximum Gasteiger partial charge on any atom is 0.178 e. The summed E-state index contributed by atoms with van der Waals surface area (Å²) in [6, 6.07) is 5.81. The Kier molecular flexibility index (Phi) is 4.16. The van der Waals surface area contributed by atoms with Crippen LogP contribution in [-0.4, -0.2) is 54.1 Å². The summed E-state index contributed by atoms with van der Waals surface area (Å²) in [5.41, 5.74) is 0.810. The molecule has 0 radical (unpaired) electrons. The molecule has 1 aliphatic carbocycles. The van der Waals surface area contributed by atoms with Crippen LogP contribution in [0.1, 0.15) is 50.3 Å². The average Bonchev–Trinajstić information content (AvgIpc) is 3.43. The van der Waals surface area contributed by atoms with E-state index in [1.165, 1.54) is 32.2 Å². The molecule has 0 bridgehead atoms. The molecule has 7 heteroatoms. The van der Waals surface area contributed by atoms with E-state index >= 15 is 0 Å². The number of piperidine rings is 1. The third-order valence-electron chi connectivity index (χ3n) is 5.96. The molecule has 7 nitrogen and oxygen atoms in total. The standard InChI is InChI=1S/C19H25N7/c1-2-5-15(4-1)14-24-12-8-16(9-13-24)19-22-21-17-6-7-18(23-26(17)19)25-11-3-10-20-25/h3,6-7,10-11,15-16H,1-2,4-5,8-9,12-14H2. The van der Waals surface area contributed by atoms with E-state index in [9.17, 15) is 0 Å². The highest BCUT2D eigenvalue weighted by Crippen LogP contribution is 2.30. The lowest BCUT2D eigenvalue weighted by atomic mass is 9.95. The van der Waals surface area contributed by atoms with Gasteiger partial charge in [-0.1, -0.05) is 12.8 Å². The molecule has 0 unspecified atom stereocenters. The van der Waals surface area contributed by atoms with Crippen LogP contribution >= 0.6 is 0 Å². The minimum absolute atomic E-state index is 0.435. The summed E-state index contributed by atoms with van der Waals surface area (Å²) >= 11 is 0. The first-order chi connectivity index (χ1) is 12.9. The number of hydrogen-bond donors (Lipinski definition) is 0. The number of aromatic nitrogens is 6. The molecule has 1 aliphatic heterocycles. The minimum atomic E-state index is 0.435. The molecule has 2 fully saturated rings. The molecular formula is C19H25N7. The molecule has 0 amide bonds. The van der Waals surface area contributed by atoms with Crippen molar-refractivity contribution in [2.45, 2.75) is 44.4 Å². The molecule has 5 rings (SSSR count). The van der Waals surface area contributed by atoms with E-state index in [-0.39, 0.29) is 0 Å². The Morgan fingerprint density at radius 1 is 1.00 bits per heavy atom. The normalized spacial score (nSPS) is 20.3. The lowest BCUT2D eigenvalue weighted by molar-refractivity contribution is 0.180. The molecule has 0 atom stereocenters. The molecule has 26 heavy (non-hydrogen) atoms. The van der Waals surface area contributed by atoms with Crippen LogP contribution in [0.4, 0.5) is 0 Å². The molecule has 2 aliphatic rings. The SMILES string of the molecule is c1cnn(-c2ccc3nnc(C4CCN(CC5CCCC5)CC4)n3n2)c1. The highest BCUT2D eigenvalue weighted by molar-refractivity contribution is 5.39. The first-order valence-electron chi connectivity index (χ1n) is 9.81. The van der Waals surface area contributed by atoms with Crippen LogP contribution in [0.2, 0.25) is 0 Å². The predicted octanol–water partition coefficient (Wildman–Crippen LogP) is 2.68. The number of fused-ring (bicyclic) bond motifs is 1. The summed E-state index contributed by atoms with van der Waals surface area (Å²) in [5, 5.41) is 17.8. The van der Waals surface area contributed by atoms with Gasteiger partial charge in [-0.05, 0) is 62.9 Å². The van der Waals surface area contributed by atoms with Gasteiger partial charge in [0.05, 0.1) is 0 Å². The fourth-order valence-electron chi connectivity index (χ4n) is 4.51. The molecule has 0 N–H and O–H groups in total. The zero-order chi connectivity index (χ0) is 17.3. The van der Waals surface area contributed by atoms with Crippen LogP contribution in [0.15, 0.2) is 30.6 Å². The molecular weight excluding hydrogens is 326 g/mol. The third kappa shape index (κ3) is 3.00.